The van der Waals surface area contributed by atoms with Crippen LogP contribution in [-0.2, 0) is 11.2 Å². The summed E-state index contributed by atoms with van der Waals surface area (Å²) in [5.74, 6) is -0.00651. The van der Waals surface area contributed by atoms with Gasteiger partial charge in [-0.15, -0.1) is 11.3 Å². The Balaban J connectivity index is 1.73. The van der Waals surface area contributed by atoms with Gasteiger partial charge in [-0.25, -0.2) is 19.2 Å². The number of thiophene rings is 1. The lowest BCUT2D eigenvalue weighted by Gasteiger charge is -2.09. The summed E-state index contributed by atoms with van der Waals surface area (Å²) in [6.45, 7) is 4.23. The molecule has 0 radical (unpaired) electrons. The first-order valence-electron chi connectivity index (χ1n) is 10.6. The van der Waals surface area contributed by atoms with Gasteiger partial charge in [-0.3, -0.25) is 0 Å². The van der Waals surface area contributed by atoms with E-state index in [4.69, 9.17) is 14.5 Å². The Morgan fingerprint density at radius 3 is 2.68 bits per heavy atom. The zero-order valence-corrected chi connectivity index (χ0v) is 20.8. The van der Waals surface area contributed by atoms with Crippen LogP contribution in [0.5, 0.6) is 5.75 Å². The average molecular weight is 498 g/mol. The van der Waals surface area contributed by atoms with Crippen LogP contribution in [0.4, 0.5) is 15.3 Å². The van der Waals surface area contributed by atoms with Crippen molar-refractivity contribution in [2.45, 2.75) is 20.3 Å². The molecule has 176 valence electrons. The third-order valence-corrected chi connectivity index (χ3v) is 7.02. The number of carbonyl (C=O) groups is 1. The van der Waals surface area contributed by atoms with E-state index >= 15 is 0 Å². The van der Waals surface area contributed by atoms with Crippen molar-refractivity contribution >= 4 is 39.6 Å². The number of methoxy groups -OCH3 is 2. The standard InChI is InChI=1S/C25H24FN3O3S2/c1-14(2)10-19-22(15-7-8-18(26)20(12-15)31-3)34-25(28-19)29-23-17(24(30)32-4)11-16(13-27-23)21-6-5-9-33-21/h5-9,11-14H,10H2,1-4H3,(H,27,28,29). The molecule has 0 atom stereocenters. The molecule has 1 aromatic carbocycles. The fourth-order valence-electron chi connectivity index (χ4n) is 3.47. The highest BCUT2D eigenvalue weighted by Gasteiger charge is 2.20. The molecule has 0 aliphatic carbocycles. The van der Waals surface area contributed by atoms with Crippen molar-refractivity contribution in [3.8, 4) is 26.6 Å². The van der Waals surface area contributed by atoms with E-state index in [1.165, 1.54) is 31.6 Å². The number of rotatable bonds is 8. The smallest absolute Gasteiger partial charge is 0.341 e. The molecule has 0 fully saturated rings. The quantitative estimate of drug-likeness (QED) is 0.270. The fourth-order valence-corrected chi connectivity index (χ4v) is 5.16. The monoisotopic (exact) mass is 497 g/mol. The van der Waals surface area contributed by atoms with E-state index in [0.717, 1.165) is 33.0 Å². The van der Waals surface area contributed by atoms with Crippen molar-refractivity contribution < 1.29 is 18.7 Å². The van der Waals surface area contributed by atoms with Crippen molar-refractivity contribution in [1.29, 1.82) is 0 Å². The van der Waals surface area contributed by atoms with Crippen LogP contribution in [0.1, 0.15) is 29.9 Å². The van der Waals surface area contributed by atoms with Crippen molar-refractivity contribution in [1.82, 2.24) is 9.97 Å². The number of nitrogens with zero attached hydrogens (tertiary/aromatic N) is 2. The molecule has 0 bridgehead atoms. The van der Waals surface area contributed by atoms with Crippen LogP contribution < -0.4 is 10.1 Å². The maximum Gasteiger partial charge on any atom is 0.341 e. The second-order valence-corrected chi connectivity index (χ2v) is 9.90. The maximum absolute atomic E-state index is 14.0. The number of hydrogen-bond donors (Lipinski definition) is 1. The fraction of sp³-hybridized carbons (Fsp3) is 0.240. The number of nitrogens with one attached hydrogen (secondary N) is 1. The van der Waals surface area contributed by atoms with Gasteiger partial charge in [-0.05, 0) is 47.5 Å². The van der Waals surface area contributed by atoms with Gasteiger partial charge in [0.1, 0.15) is 11.4 Å². The van der Waals surface area contributed by atoms with Crippen LogP contribution in [0.15, 0.2) is 48.0 Å². The molecular formula is C25H24FN3O3S2. The minimum absolute atomic E-state index is 0.176. The van der Waals surface area contributed by atoms with Gasteiger partial charge in [0, 0.05) is 16.6 Å². The van der Waals surface area contributed by atoms with Crippen LogP contribution in [0.25, 0.3) is 20.9 Å². The first-order valence-corrected chi connectivity index (χ1v) is 12.3. The van der Waals surface area contributed by atoms with Gasteiger partial charge in [0.25, 0.3) is 0 Å². The van der Waals surface area contributed by atoms with E-state index in [-0.39, 0.29) is 5.75 Å². The van der Waals surface area contributed by atoms with E-state index in [9.17, 15) is 9.18 Å². The van der Waals surface area contributed by atoms with Crippen molar-refractivity contribution in [3.05, 3.63) is 65.0 Å². The molecule has 3 aromatic heterocycles. The average Bonchev–Trinajstić information content (AvgIpc) is 3.49. The highest BCUT2D eigenvalue weighted by Crippen LogP contribution is 2.38. The number of hydrogen-bond acceptors (Lipinski definition) is 8. The number of aromatic nitrogens is 2. The van der Waals surface area contributed by atoms with Crippen LogP contribution in [0.2, 0.25) is 0 Å². The van der Waals surface area contributed by atoms with Crippen LogP contribution >= 0.6 is 22.7 Å². The highest BCUT2D eigenvalue weighted by atomic mass is 32.1. The minimum Gasteiger partial charge on any atom is -0.494 e. The molecular weight excluding hydrogens is 473 g/mol. The maximum atomic E-state index is 14.0. The van der Waals surface area contributed by atoms with E-state index in [2.05, 4.69) is 24.1 Å². The third kappa shape index (κ3) is 5.10. The summed E-state index contributed by atoms with van der Waals surface area (Å²) >= 11 is 2.98. The lowest BCUT2D eigenvalue weighted by atomic mass is 10.0. The van der Waals surface area contributed by atoms with Crippen LogP contribution in [0, 0.1) is 11.7 Å². The number of benzene rings is 1. The Bertz CT molecular complexity index is 1300. The van der Waals surface area contributed by atoms with E-state index in [0.29, 0.717) is 22.4 Å². The predicted molar refractivity (Wildman–Crippen MR) is 135 cm³/mol. The normalized spacial score (nSPS) is 11.0. The van der Waals surface area contributed by atoms with E-state index < -0.39 is 11.8 Å². The number of halogens is 1. The zero-order chi connectivity index (χ0) is 24.2. The molecule has 4 rings (SSSR count). The summed E-state index contributed by atoms with van der Waals surface area (Å²) in [7, 11) is 2.78. The summed E-state index contributed by atoms with van der Waals surface area (Å²) in [5.41, 5.74) is 2.85. The molecule has 34 heavy (non-hydrogen) atoms. The SMILES string of the molecule is COC(=O)c1cc(-c2cccs2)cnc1Nc1nc(CC(C)C)c(-c2ccc(F)c(OC)c2)s1. The van der Waals surface area contributed by atoms with Crippen molar-refractivity contribution in [2.75, 3.05) is 19.5 Å². The lowest BCUT2D eigenvalue weighted by Crippen LogP contribution is -2.07. The van der Waals surface area contributed by atoms with Gasteiger partial charge in [0.2, 0.25) is 0 Å². The van der Waals surface area contributed by atoms with Gasteiger partial charge < -0.3 is 14.8 Å². The van der Waals surface area contributed by atoms with E-state index in [1.54, 1.807) is 35.7 Å². The van der Waals surface area contributed by atoms with Crippen molar-refractivity contribution in [2.24, 2.45) is 5.92 Å². The molecule has 9 heteroatoms. The number of carbonyl (C=O) groups excluding carboxylic acids is 1. The zero-order valence-electron chi connectivity index (χ0n) is 19.2. The Kier molecular flexibility index (Phi) is 7.23. The predicted octanol–water partition coefficient (Wildman–Crippen LogP) is 6.81. The summed E-state index contributed by atoms with van der Waals surface area (Å²) in [6, 6.07) is 10.5. The Hall–Kier alpha value is -3.30. The van der Waals surface area contributed by atoms with Crippen LogP contribution in [-0.4, -0.2) is 30.2 Å². The highest BCUT2D eigenvalue weighted by molar-refractivity contribution is 7.19. The van der Waals surface area contributed by atoms with Crippen molar-refractivity contribution in [3.63, 3.8) is 0 Å². The van der Waals surface area contributed by atoms with E-state index in [1.807, 2.05) is 17.5 Å². The van der Waals surface area contributed by atoms with Gasteiger partial charge >= 0.3 is 5.97 Å². The van der Waals surface area contributed by atoms with Gasteiger partial charge in [-0.1, -0.05) is 37.3 Å². The van der Waals surface area contributed by atoms with Gasteiger partial charge in [-0.2, -0.15) is 0 Å². The Morgan fingerprint density at radius 2 is 2.00 bits per heavy atom. The summed E-state index contributed by atoms with van der Waals surface area (Å²) < 4.78 is 24.1. The number of anilines is 2. The molecule has 0 unspecified atom stereocenters. The largest absolute Gasteiger partial charge is 0.494 e. The first-order chi connectivity index (χ1) is 16.4. The third-order valence-electron chi connectivity index (χ3n) is 5.04. The molecule has 0 aliphatic rings. The molecule has 0 saturated carbocycles. The van der Waals surface area contributed by atoms with Crippen LogP contribution in [0.3, 0.4) is 0 Å². The topological polar surface area (TPSA) is 73.3 Å². The molecule has 0 spiro atoms. The molecule has 0 saturated heterocycles. The Labute approximate surface area is 205 Å². The summed E-state index contributed by atoms with van der Waals surface area (Å²) in [4.78, 5) is 23.7. The second-order valence-electron chi connectivity index (χ2n) is 7.96. The summed E-state index contributed by atoms with van der Waals surface area (Å²) in [5, 5.41) is 5.75. The molecule has 3 heterocycles. The number of esters is 1. The minimum atomic E-state index is -0.490. The van der Waals surface area contributed by atoms with Gasteiger partial charge in [0.15, 0.2) is 16.7 Å². The molecule has 0 amide bonds. The molecule has 4 aromatic rings. The summed E-state index contributed by atoms with van der Waals surface area (Å²) in [6.07, 6.45) is 2.46. The van der Waals surface area contributed by atoms with Gasteiger partial charge in [0.05, 0.1) is 24.8 Å². The Morgan fingerprint density at radius 1 is 1.18 bits per heavy atom. The number of thiazole rings is 1. The molecule has 1 N–H and O–H groups in total. The lowest BCUT2D eigenvalue weighted by molar-refractivity contribution is 0.0601. The first kappa shape index (κ1) is 23.8. The number of pyridine rings is 1. The molecule has 6 nitrogen and oxygen atoms in total. The second kappa shape index (κ2) is 10.3. The number of ether oxygens (including phenoxy) is 2. The molecule has 0 aliphatic heterocycles.